The number of carbonyl (C=O) groups excluding carboxylic acids is 2. The van der Waals surface area contributed by atoms with Crippen LogP contribution in [0.1, 0.15) is 22.8 Å². The summed E-state index contributed by atoms with van der Waals surface area (Å²) in [5, 5.41) is 3.20. The standard InChI is InChI=1S/C29H24N4O4/c1-3-27(34)36-23-14-10-21(11-15-23)19-26-31-25(18-20-8-6-5-7-9-20)32-29(33-26)30-22-12-16-24(17-13-22)37-28(35)4-2/h3-17H,1-2,18-19H2,(H,30,31,32,33). The maximum absolute atomic E-state index is 11.4. The van der Waals surface area contributed by atoms with E-state index in [1.807, 2.05) is 42.5 Å². The molecular weight excluding hydrogens is 468 g/mol. The molecule has 0 saturated carbocycles. The van der Waals surface area contributed by atoms with Gasteiger partial charge in [0.25, 0.3) is 0 Å². The molecule has 1 heterocycles. The summed E-state index contributed by atoms with van der Waals surface area (Å²) >= 11 is 0. The molecule has 184 valence electrons. The van der Waals surface area contributed by atoms with E-state index in [0.717, 1.165) is 29.0 Å². The Balaban J connectivity index is 1.56. The number of nitrogens with one attached hydrogen (secondary N) is 1. The average molecular weight is 493 g/mol. The van der Waals surface area contributed by atoms with Crippen molar-refractivity contribution in [3.05, 3.63) is 127 Å². The van der Waals surface area contributed by atoms with Crippen molar-refractivity contribution in [3.8, 4) is 11.5 Å². The molecule has 1 aromatic heterocycles. The zero-order chi connectivity index (χ0) is 26.0. The smallest absolute Gasteiger partial charge is 0.335 e. The molecule has 4 aromatic rings. The van der Waals surface area contributed by atoms with Crippen LogP contribution in [0.15, 0.2) is 104 Å². The number of aromatic nitrogens is 3. The third-order valence-electron chi connectivity index (χ3n) is 5.10. The number of rotatable bonds is 10. The molecule has 4 rings (SSSR count). The predicted octanol–water partition coefficient (Wildman–Crippen LogP) is 4.98. The van der Waals surface area contributed by atoms with Gasteiger partial charge in [-0.15, -0.1) is 0 Å². The summed E-state index contributed by atoms with van der Waals surface area (Å²) in [6.45, 7) is 6.79. The molecule has 37 heavy (non-hydrogen) atoms. The third kappa shape index (κ3) is 7.43. The first-order valence-corrected chi connectivity index (χ1v) is 11.4. The molecule has 8 heteroatoms. The van der Waals surface area contributed by atoms with Gasteiger partial charge in [0.05, 0.1) is 0 Å². The minimum atomic E-state index is -0.528. The van der Waals surface area contributed by atoms with Crippen LogP contribution in [0, 0.1) is 0 Å². The quantitative estimate of drug-likeness (QED) is 0.188. The number of nitrogens with zero attached hydrogens (tertiary/aromatic N) is 3. The Morgan fingerprint density at radius 1 is 0.676 bits per heavy atom. The summed E-state index contributed by atoms with van der Waals surface area (Å²) < 4.78 is 10.3. The van der Waals surface area contributed by atoms with E-state index in [-0.39, 0.29) is 0 Å². The van der Waals surface area contributed by atoms with Gasteiger partial charge in [0.2, 0.25) is 5.95 Å². The molecule has 0 unspecified atom stereocenters. The molecular formula is C29H24N4O4. The monoisotopic (exact) mass is 492 g/mol. The lowest BCUT2D eigenvalue weighted by Gasteiger charge is -2.10. The number of anilines is 2. The Morgan fingerprint density at radius 2 is 1.16 bits per heavy atom. The first-order chi connectivity index (χ1) is 18.0. The second kappa shape index (κ2) is 12.0. The van der Waals surface area contributed by atoms with Crippen molar-refractivity contribution in [2.24, 2.45) is 0 Å². The van der Waals surface area contributed by atoms with Crippen LogP contribution in [0.2, 0.25) is 0 Å². The molecule has 0 bridgehead atoms. The van der Waals surface area contributed by atoms with Gasteiger partial charge in [-0.1, -0.05) is 55.6 Å². The summed E-state index contributed by atoms with van der Waals surface area (Å²) in [5.74, 6) is 1.38. The minimum absolute atomic E-state index is 0.392. The fraction of sp³-hybridized carbons (Fsp3) is 0.0690. The van der Waals surface area contributed by atoms with Gasteiger partial charge in [-0.25, -0.2) is 14.6 Å². The van der Waals surface area contributed by atoms with Crippen molar-refractivity contribution in [2.45, 2.75) is 12.8 Å². The number of benzene rings is 3. The number of hydrogen-bond acceptors (Lipinski definition) is 8. The summed E-state index contributed by atoms with van der Waals surface area (Å²) in [6.07, 6.45) is 3.21. The van der Waals surface area contributed by atoms with Crippen LogP contribution in [0.4, 0.5) is 11.6 Å². The van der Waals surface area contributed by atoms with Crippen molar-refractivity contribution in [2.75, 3.05) is 5.32 Å². The van der Waals surface area contributed by atoms with Crippen LogP contribution in [-0.2, 0) is 22.4 Å². The summed E-state index contributed by atoms with van der Waals surface area (Å²) in [7, 11) is 0. The maximum Gasteiger partial charge on any atom is 0.335 e. The Morgan fingerprint density at radius 3 is 1.68 bits per heavy atom. The molecule has 0 radical (unpaired) electrons. The van der Waals surface area contributed by atoms with Crippen molar-refractivity contribution in [1.82, 2.24) is 15.0 Å². The zero-order valence-electron chi connectivity index (χ0n) is 20.0. The lowest BCUT2D eigenvalue weighted by Crippen LogP contribution is -2.09. The van der Waals surface area contributed by atoms with Gasteiger partial charge in [-0.05, 0) is 47.5 Å². The molecule has 0 aliphatic rings. The molecule has 8 nitrogen and oxygen atoms in total. The highest BCUT2D eigenvalue weighted by Crippen LogP contribution is 2.20. The Bertz CT molecular complexity index is 1320. The van der Waals surface area contributed by atoms with Gasteiger partial charge in [0, 0.05) is 30.7 Å². The van der Waals surface area contributed by atoms with E-state index < -0.39 is 11.9 Å². The van der Waals surface area contributed by atoms with Crippen LogP contribution in [0.5, 0.6) is 11.5 Å². The molecule has 0 saturated heterocycles. The SMILES string of the molecule is C=CC(=O)Oc1ccc(Cc2nc(Cc3ccccc3)nc(Nc3ccc(OC(=O)C=C)cc3)n2)cc1. The molecule has 0 aliphatic heterocycles. The zero-order valence-corrected chi connectivity index (χ0v) is 20.0. The van der Waals surface area contributed by atoms with Crippen molar-refractivity contribution < 1.29 is 19.1 Å². The van der Waals surface area contributed by atoms with Gasteiger partial charge >= 0.3 is 11.9 Å². The lowest BCUT2D eigenvalue weighted by atomic mass is 10.1. The van der Waals surface area contributed by atoms with Crippen molar-refractivity contribution in [3.63, 3.8) is 0 Å². The van der Waals surface area contributed by atoms with Crippen molar-refractivity contribution in [1.29, 1.82) is 0 Å². The van der Waals surface area contributed by atoms with Crippen molar-refractivity contribution >= 4 is 23.6 Å². The topological polar surface area (TPSA) is 103 Å². The van der Waals surface area contributed by atoms with E-state index in [4.69, 9.17) is 9.47 Å². The highest BCUT2D eigenvalue weighted by atomic mass is 16.5. The second-order valence-electron chi connectivity index (χ2n) is 7.87. The first-order valence-electron chi connectivity index (χ1n) is 11.4. The molecule has 0 atom stereocenters. The van der Waals surface area contributed by atoms with E-state index in [9.17, 15) is 9.59 Å². The van der Waals surface area contributed by atoms with Gasteiger partial charge in [0.1, 0.15) is 23.1 Å². The fourth-order valence-corrected chi connectivity index (χ4v) is 3.37. The number of hydrogen-bond donors (Lipinski definition) is 1. The normalized spacial score (nSPS) is 10.3. The number of carbonyl (C=O) groups is 2. The molecule has 0 amide bonds. The first kappa shape index (κ1) is 25.0. The Labute approximate surface area is 214 Å². The number of esters is 2. The molecule has 0 aliphatic carbocycles. The summed E-state index contributed by atoms with van der Waals surface area (Å²) in [4.78, 5) is 36.7. The highest BCUT2D eigenvalue weighted by molar-refractivity contribution is 5.83. The molecule has 3 aromatic carbocycles. The minimum Gasteiger partial charge on any atom is -0.423 e. The predicted molar refractivity (Wildman–Crippen MR) is 140 cm³/mol. The van der Waals surface area contributed by atoms with Gasteiger partial charge in [0.15, 0.2) is 0 Å². The van der Waals surface area contributed by atoms with E-state index >= 15 is 0 Å². The van der Waals surface area contributed by atoms with Gasteiger partial charge in [-0.3, -0.25) is 0 Å². The highest BCUT2D eigenvalue weighted by Gasteiger charge is 2.10. The largest absolute Gasteiger partial charge is 0.423 e. The molecule has 0 spiro atoms. The third-order valence-corrected chi connectivity index (χ3v) is 5.10. The molecule has 1 N–H and O–H groups in total. The van der Waals surface area contributed by atoms with Crippen LogP contribution >= 0.6 is 0 Å². The van der Waals surface area contributed by atoms with E-state index in [0.29, 0.717) is 41.9 Å². The van der Waals surface area contributed by atoms with Crippen LogP contribution in [-0.4, -0.2) is 26.9 Å². The summed E-state index contributed by atoms with van der Waals surface area (Å²) in [5.41, 5.74) is 2.73. The molecule has 0 fully saturated rings. The second-order valence-corrected chi connectivity index (χ2v) is 7.87. The lowest BCUT2D eigenvalue weighted by molar-refractivity contribution is -0.129. The van der Waals surface area contributed by atoms with E-state index in [2.05, 4.69) is 33.4 Å². The van der Waals surface area contributed by atoms with Gasteiger partial charge < -0.3 is 14.8 Å². The van der Waals surface area contributed by atoms with Crippen LogP contribution < -0.4 is 14.8 Å². The number of ether oxygens (including phenoxy) is 2. The Kier molecular flexibility index (Phi) is 8.13. The van der Waals surface area contributed by atoms with E-state index in [1.165, 1.54) is 0 Å². The Hall–Kier alpha value is -5.11. The van der Waals surface area contributed by atoms with Crippen LogP contribution in [0.25, 0.3) is 0 Å². The van der Waals surface area contributed by atoms with Crippen LogP contribution in [0.3, 0.4) is 0 Å². The summed E-state index contributed by atoms with van der Waals surface area (Å²) in [6, 6.07) is 23.9. The van der Waals surface area contributed by atoms with Gasteiger partial charge in [-0.2, -0.15) is 9.97 Å². The van der Waals surface area contributed by atoms with E-state index in [1.54, 1.807) is 36.4 Å². The fourth-order valence-electron chi connectivity index (χ4n) is 3.37. The average Bonchev–Trinajstić information content (AvgIpc) is 2.91. The maximum atomic E-state index is 11.4.